The SMILES string of the molecule is CCCCC(=O)NCCc1ccc(Cl)cc1Cl. The van der Waals surface area contributed by atoms with Gasteiger partial charge in [0.25, 0.3) is 0 Å². The fourth-order valence-corrected chi connectivity index (χ4v) is 1.99. The molecule has 94 valence electrons. The number of hydrogen-bond acceptors (Lipinski definition) is 1. The van der Waals surface area contributed by atoms with Gasteiger partial charge in [-0.2, -0.15) is 0 Å². The van der Waals surface area contributed by atoms with Crippen LogP contribution in [0.5, 0.6) is 0 Å². The number of unbranched alkanes of at least 4 members (excludes halogenated alkanes) is 1. The fraction of sp³-hybridized carbons (Fsp3) is 0.462. The van der Waals surface area contributed by atoms with Gasteiger partial charge >= 0.3 is 0 Å². The first-order chi connectivity index (χ1) is 8.13. The van der Waals surface area contributed by atoms with Crippen LogP contribution >= 0.6 is 23.2 Å². The van der Waals surface area contributed by atoms with Crippen LogP contribution in [0.1, 0.15) is 31.7 Å². The van der Waals surface area contributed by atoms with E-state index in [-0.39, 0.29) is 5.91 Å². The van der Waals surface area contributed by atoms with Crippen molar-refractivity contribution in [3.8, 4) is 0 Å². The third-order valence-corrected chi connectivity index (χ3v) is 3.08. The van der Waals surface area contributed by atoms with Crippen molar-refractivity contribution in [3.63, 3.8) is 0 Å². The van der Waals surface area contributed by atoms with Gasteiger partial charge in [-0.3, -0.25) is 4.79 Å². The van der Waals surface area contributed by atoms with Crippen LogP contribution < -0.4 is 5.32 Å². The standard InChI is InChI=1S/C13H17Cl2NO/c1-2-3-4-13(17)16-8-7-10-5-6-11(14)9-12(10)15/h5-6,9H,2-4,7-8H2,1H3,(H,16,17). The molecule has 1 amide bonds. The van der Waals surface area contributed by atoms with Gasteiger partial charge in [-0.25, -0.2) is 0 Å². The maximum atomic E-state index is 11.4. The number of amides is 1. The first-order valence-corrected chi connectivity index (χ1v) is 6.59. The van der Waals surface area contributed by atoms with E-state index < -0.39 is 0 Å². The molecule has 4 heteroatoms. The number of carbonyl (C=O) groups excluding carboxylic acids is 1. The van der Waals surface area contributed by atoms with E-state index in [0.717, 1.165) is 24.8 Å². The largest absolute Gasteiger partial charge is 0.356 e. The zero-order chi connectivity index (χ0) is 12.7. The Balaban J connectivity index is 2.33. The zero-order valence-electron chi connectivity index (χ0n) is 9.93. The molecule has 2 nitrogen and oxygen atoms in total. The molecule has 1 rings (SSSR count). The lowest BCUT2D eigenvalue weighted by Crippen LogP contribution is -2.25. The second kappa shape index (κ2) is 7.57. The maximum Gasteiger partial charge on any atom is 0.220 e. The second-order valence-electron chi connectivity index (χ2n) is 3.94. The summed E-state index contributed by atoms with van der Waals surface area (Å²) < 4.78 is 0. The highest BCUT2D eigenvalue weighted by atomic mass is 35.5. The molecule has 0 aliphatic carbocycles. The lowest BCUT2D eigenvalue weighted by atomic mass is 10.1. The van der Waals surface area contributed by atoms with Crippen LogP contribution in [0.15, 0.2) is 18.2 Å². The molecule has 0 atom stereocenters. The lowest BCUT2D eigenvalue weighted by Gasteiger charge is -2.06. The van der Waals surface area contributed by atoms with Gasteiger partial charge in [0.2, 0.25) is 5.91 Å². The highest BCUT2D eigenvalue weighted by Crippen LogP contribution is 2.20. The number of nitrogens with one attached hydrogen (secondary N) is 1. The maximum absolute atomic E-state index is 11.4. The average Bonchev–Trinajstić information content (AvgIpc) is 2.29. The van der Waals surface area contributed by atoms with Crippen molar-refractivity contribution in [3.05, 3.63) is 33.8 Å². The Labute approximate surface area is 112 Å². The van der Waals surface area contributed by atoms with E-state index >= 15 is 0 Å². The summed E-state index contributed by atoms with van der Waals surface area (Å²) in [7, 11) is 0. The zero-order valence-corrected chi connectivity index (χ0v) is 11.4. The Morgan fingerprint density at radius 3 is 2.76 bits per heavy atom. The average molecular weight is 274 g/mol. The van der Waals surface area contributed by atoms with Crippen LogP contribution in [-0.4, -0.2) is 12.5 Å². The predicted molar refractivity (Wildman–Crippen MR) is 72.7 cm³/mol. The molecule has 1 N–H and O–H groups in total. The number of halogens is 2. The molecule has 1 aromatic carbocycles. The van der Waals surface area contributed by atoms with Gasteiger partial charge in [-0.05, 0) is 30.5 Å². The molecule has 0 radical (unpaired) electrons. The Hall–Kier alpha value is -0.730. The van der Waals surface area contributed by atoms with E-state index in [2.05, 4.69) is 12.2 Å². The Morgan fingerprint density at radius 2 is 2.12 bits per heavy atom. The first-order valence-electron chi connectivity index (χ1n) is 5.84. The summed E-state index contributed by atoms with van der Waals surface area (Å²) in [5.41, 5.74) is 1.01. The summed E-state index contributed by atoms with van der Waals surface area (Å²) in [5.74, 6) is 0.108. The molecule has 0 aliphatic rings. The van der Waals surface area contributed by atoms with E-state index in [9.17, 15) is 4.79 Å². The molecule has 0 saturated heterocycles. The predicted octanol–water partition coefficient (Wildman–Crippen LogP) is 3.84. The van der Waals surface area contributed by atoms with Gasteiger partial charge in [-0.15, -0.1) is 0 Å². The molecule has 0 bridgehead atoms. The van der Waals surface area contributed by atoms with Crippen molar-refractivity contribution in [2.24, 2.45) is 0 Å². The number of rotatable bonds is 6. The van der Waals surface area contributed by atoms with Crippen molar-refractivity contribution in [2.45, 2.75) is 32.6 Å². The van der Waals surface area contributed by atoms with Crippen LogP contribution in [0.2, 0.25) is 10.0 Å². The molecule has 0 heterocycles. The van der Waals surface area contributed by atoms with Crippen LogP contribution in [0, 0.1) is 0 Å². The normalized spacial score (nSPS) is 10.3. The smallest absolute Gasteiger partial charge is 0.220 e. The number of hydrogen-bond donors (Lipinski definition) is 1. The molecular formula is C13H17Cl2NO. The summed E-state index contributed by atoms with van der Waals surface area (Å²) >= 11 is 11.8. The quantitative estimate of drug-likeness (QED) is 0.838. The highest BCUT2D eigenvalue weighted by Gasteiger charge is 2.03. The Morgan fingerprint density at radius 1 is 1.35 bits per heavy atom. The molecule has 1 aromatic rings. The number of benzene rings is 1. The summed E-state index contributed by atoms with van der Waals surface area (Å²) in [5, 5.41) is 4.16. The monoisotopic (exact) mass is 273 g/mol. The topological polar surface area (TPSA) is 29.1 Å². The van der Waals surface area contributed by atoms with E-state index in [1.54, 1.807) is 6.07 Å². The summed E-state index contributed by atoms with van der Waals surface area (Å²) in [6.07, 6.45) is 3.31. The van der Waals surface area contributed by atoms with Crippen molar-refractivity contribution < 1.29 is 4.79 Å². The van der Waals surface area contributed by atoms with Crippen molar-refractivity contribution in [2.75, 3.05) is 6.54 Å². The molecular weight excluding hydrogens is 257 g/mol. The van der Waals surface area contributed by atoms with Crippen molar-refractivity contribution in [1.29, 1.82) is 0 Å². The van der Waals surface area contributed by atoms with Gasteiger partial charge in [0, 0.05) is 23.0 Å². The van der Waals surface area contributed by atoms with Gasteiger partial charge in [0.15, 0.2) is 0 Å². The van der Waals surface area contributed by atoms with E-state index in [1.165, 1.54) is 0 Å². The fourth-order valence-electron chi connectivity index (χ4n) is 1.49. The lowest BCUT2D eigenvalue weighted by molar-refractivity contribution is -0.121. The number of carbonyl (C=O) groups is 1. The molecule has 0 unspecified atom stereocenters. The molecule has 0 aromatic heterocycles. The molecule has 0 fully saturated rings. The van der Waals surface area contributed by atoms with E-state index in [4.69, 9.17) is 23.2 Å². The van der Waals surface area contributed by atoms with Gasteiger partial charge < -0.3 is 5.32 Å². The molecule has 0 spiro atoms. The van der Waals surface area contributed by atoms with Gasteiger partial charge in [-0.1, -0.05) is 42.6 Å². The molecule has 0 aliphatic heterocycles. The third kappa shape index (κ3) is 5.42. The van der Waals surface area contributed by atoms with Crippen LogP contribution in [0.25, 0.3) is 0 Å². The van der Waals surface area contributed by atoms with Gasteiger partial charge in [0.1, 0.15) is 0 Å². The first kappa shape index (κ1) is 14.3. The van der Waals surface area contributed by atoms with Crippen LogP contribution in [0.3, 0.4) is 0 Å². The van der Waals surface area contributed by atoms with Crippen LogP contribution in [0.4, 0.5) is 0 Å². The Kier molecular flexibility index (Phi) is 6.38. The third-order valence-electron chi connectivity index (χ3n) is 2.49. The van der Waals surface area contributed by atoms with Crippen molar-refractivity contribution >= 4 is 29.1 Å². The van der Waals surface area contributed by atoms with Gasteiger partial charge in [0.05, 0.1) is 0 Å². The minimum Gasteiger partial charge on any atom is -0.356 e. The summed E-state index contributed by atoms with van der Waals surface area (Å²) in [4.78, 5) is 11.4. The van der Waals surface area contributed by atoms with Crippen LogP contribution in [-0.2, 0) is 11.2 Å². The van der Waals surface area contributed by atoms with E-state index in [0.29, 0.717) is 23.0 Å². The Bertz CT molecular complexity index is 380. The second-order valence-corrected chi connectivity index (χ2v) is 4.78. The minimum absolute atomic E-state index is 0.108. The minimum atomic E-state index is 0.108. The molecule has 0 saturated carbocycles. The molecule has 17 heavy (non-hydrogen) atoms. The summed E-state index contributed by atoms with van der Waals surface area (Å²) in [6, 6.07) is 5.42. The van der Waals surface area contributed by atoms with Crippen molar-refractivity contribution in [1.82, 2.24) is 5.32 Å². The highest BCUT2D eigenvalue weighted by molar-refractivity contribution is 6.35. The summed E-state index contributed by atoms with van der Waals surface area (Å²) in [6.45, 7) is 2.69. The van der Waals surface area contributed by atoms with E-state index in [1.807, 2.05) is 12.1 Å².